The van der Waals surface area contributed by atoms with Gasteiger partial charge in [0, 0.05) is 49.5 Å². The highest BCUT2D eigenvalue weighted by Crippen LogP contribution is 2.32. The minimum absolute atomic E-state index is 0.0315. The lowest BCUT2D eigenvalue weighted by molar-refractivity contribution is -0.146. The molecule has 7 heteroatoms. The molecule has 0 radical (unpaired) electrons. The van der Waals surface area contributed by atoms with Gasteiger partial charge >= 0.3 is 5.97 Å². The molecular weight excluding hydrogens is 440 g/mol. The van der Waals surface area contributed by atoms with Gasteiger partial charge in [0.15, 0.2) is 0 Å². The molecule has 0 aromatic heterocycles. The molecule has 2 atom stereocenters. The predicted octanol–water partition coefficient (Wildman–Crippen LogP) is 3.98. The highest BCUT2D eigenvalue weighted by Gasteiger charge is 2.29. The van der Waals surface area contributed by atoms with E-state index in [4.69, 9.17) is 4.74 Å². The molecule has 3 aliphatic heterocycles. The number of nitrogens with zero attached hydrogens (tertiary/aromatic N) is 2. The van der Waals surface area contributed by atoms with Crippen LogP contribution < -0.4 is 15.8 Å². The zero-order valence-electron chi connectivity index (χ0n) is 20.5. The van der Waals surface area contributed by atoms with Crippen LogP contribution in [0.4, 0.5) is 5.69 Å². The molecule has 3 aliphatic rings. The van der Waals surface area contributed by atoms with Crippen molar-refractivity contribution in [3.63, 3.8) is 0 Å². The number of hydrogen-bond acceptors (Lipinski definition) is 6. The zero-order chi connectivity index (χ0) is 24.2. The van der Waals surface area contributed by atoms with Gasteiger partial charge in [-0.25, -0.2) is 10.9 Å². The monoisotopic (exact) mass is 476 g/mol. The molecule has 2 N–H and O–H groups in total. The van der Waals surface area contributed by atoms with E-state index in [-0.39, 0.29) is 29.9 Å². The quantitative estimate of drug-likeness (QED) is 0.636. The number of rotatable bonds is 5. The highest BCUT2D eigenvalue weighted by molar-refractivity contribution is 5.94. The Balaban J connectivity index is 1.15. The Hall–Kier alpha value is -2.90. The first kappa shape index (κ1) is 23.8. The van der Waals surface area contributed by atoms with Crippen molar-refractivity contribution < 1.29 is 14.3 Å². The van der Waals surface area contributed by atoms with Crippen LogP contribution in [0.15, 0.2) is 48.5 Å². The van der Waals surface area contributed by atoms with Crippen LogP contribution in [0, 0.1) is 5.92 Å². The Morgan fingerprint density at radius 2 is 1.37 bits per heavy atom. The van der Waals surface area contributed by atoms with Crippen LogP contribution in [0.25, 0.3) is 0 Å². The van der Waals surface area contributed by atoms with Crippen LogP contribution in [0.3, 0.4) is 0 Å². The van der Waals surface area contributed by atoms with Crippen molar-refractivity contribution in [3.8, 4) is 0 Å². The predicted molar refractivity (Wildman–Crippen MR) is 136 cm³/mol. The molecule has 35 heavy (non-hydrogen) atoms. The maximum absolute atomic E-state index is 12.9. The number of ether oxygens (including phenoxy) is 1. The largest absolute Gasteiger partial charge is 0.469 e. The van der Waals surface area contributed by atoms with E-state index >= 15 is 0 Å². The van der Waals surface area contributed by atoms with Crippen molar-refractivity contribution in [2.75, 3.05) is 38.2 Å². The number of carbonyl (C=O) groups is 2. The standard InChI is InChI=1S/C28H36N4O3/c1-35-28(34)23-13-17-32(18-14-23)27(33)22-7-5-20(6-8-22)25-19-26(30-29-25)21-9-11-24(12-10-21)31-15-3-2-4-16-31/h5-12,23,25-26,29-30H,2-4,13-19H2,1H3. The molecule has 5 rings (SSSR count). The highest BCUT2D eigenvalue weighted by atomic mass is 16.5. The minimum Gasteiger partial charge on any atom is -0.469 e. The van der Waals surface area contributed by atoms with E-state index in [1.54, 1.807) is 0 Å². The normalized spacial score (nSPS) is 23.3. The molecule has 2 unspecified atom stereocenters. The Bertz CT molecular complexity index is 1010. The molecule has 7 nitrogen and oxygen atoms in total. The van der Waals surface area contributed by atoms with Gasteiger partial charge in [-0.1, -0.05) is 24.3 Å². The maximum atomic E-state index is 12.9. The average Bonchev–Trinajstić information content (AvgIpc) is 3.43. The van der Waals surface area contributed by atoms with Crippen molar-refractivity contribution in [1.82, 2.24) is 15.8 Å². The van der Waals surface area contributed by atoms with Crippen LogP contribution in [-0.4, -0.2) is 50.1 Å². The molecule has 0 bridgehead atoms. The zero-order valence-corrected chi connectivity index (χ0v) is 20.5. The second-order valence-electron chi connectivity index (χ2n) is 9.98. The summed E-state index contributed by atoms with van der Waals surface area (Å²) in [5, 5.41) is 0. The minimum atomic E-state index is -0.171. The molecule has 3 saturated heterocycles. The van der Waals surface area contributed by atoms with E-state index < -0.39 is 0 Å². The van der Waals surface area contributed by atoms with Crippen molar-refractivity contribution in [2.45, 2.75) is 50.6 Å². The summed E-state index contributed by atoms with van der Waals surface area (Å²) in [6, 6.07) is 17.4. The molecule has 0 aliphatic carbocycles. The number of nitrogens with one attached hydrogen (secondary N) is 2. The average molecular weight is 477 g/mol. The Morgan fingerprint density at radius 1 is 0.800 bits per heavy atom. The van der Waals surface area contributed by atoms with Crippen molar-refractivity contribution in [2.24, 2.45) is 5.92 Å². The number of benzene rings is 2. The molecule has 2 aromatic carbocycles. The fourth-order valence-electron chi connectivity index (χ4n) is 5.59. The number of carbonyl (C=O) groups excluding carboxylic acids is 2. The summed E-state index contributed by atoms with van der Waals surface area (Å²) in [5.41, 5.74) is 11.4. The van der Waals surface area contributed by atoms with Gasteiger partial charge in [0.05, 0.1) is 13.0 Å². The second kappa shape index (κ2) is 10.8. The van der Waals surface area contributed by atoms with E-state index in [1.807, 2.05) is 17.0 Å². The van der Waals surface area contributed by atoms with Crippen molar-refractivity contribution in [3.05, 3.63) is 65.2 Å². The van der Waals surface area contributed by atoms with Crippen LogP contribution in [-0.2, 0) is 9.53 Å². The van der Waals surface area contributed by atoms with Crippen LogP contribution in [0.1, 0.15) is 72.1 Å². The van der Waals surface area contributed by atoms with Gasteiger partial charge in [-0.05, 0) is 73.9 Å². The van der Waals surface area contributed by atoms with E-state index in [0.29, 0.717) is 31.5 Å². The lowest BCUT2D eigenvalue weighted by Crippen LogP contribution is -2.40. The summed E-state index contributed by atoms with van der Waals surface area (Å²) < 4.78 is 4.84. The maximum Gasteiger partial charge on any atom is 0.308 e. The number of amides is 1. The Kier molecular flexibility index (Phi) is 7.35. The van der Waals surface area contributed by atoms with Gasteiger partial charge < -0.3 is 14.5 Å². The van der Waals surface area contributed by atoms with Crippen LogP contribution in [0.2, 0.25) is 0 Å². The summed E-state index contributed by atoms with van der Waals surface area (Å²) >= 11 is 0. The van der Waals surface area contributed by atoms with E-state index in [2.05, 4.69) is 52.1 Å². The first-order chi connectivity index (χ1) is 17.1. The van der Waals surface area contributed by atoms with Crippen molar-refractivity contribution >= 4 is 17.6 Å². The van der Waals surface area contributed by atoms with Crippen LogP contribution >= 0.6 is 0 Å². The smallest absolute Gasteiger partial charge is 0.308 e. The lowest BCUT2D eigenvalue weighted by atomic mass is 9.95. The number of anilines is 1. The molecule has 0 saturated carbocycles. The fraction of sp³-hybridized carbons (Fsp3) is 0.500. The van der Waals surface area contributed by atoms with Gasteiger partial charge in [-0.3, -0.25) is 9.59 Å². The number of piperidine rings is 2. The SMILES string of the molecule is COC(=O)C1CCN(C(=O)c2ccc(C3CC(c4ccc(N5CCCCC5)cc4)NN3)cc2)CC1. The number of hydrazine groups is 1. The number of likely N-dealkylation sites (tertiary alicyclic amines) is 1. The van der Waals surface area contributed by atoms with Gasteiger partial charge in [-0.2, -0.15) is 0 Å². The molecule has 1 amide bonds. The molecule has 3 fully saturated rings. The first-order valence-electron chi connectivity index (χ1n) is 13.0. The number of methoxy groups -OCH3 is 1. The Labute approximate surface area is 207 Å². The van der Waals surface area contributed by atoms with Gasteiger partial charge in [0.25, 0.3) is 5.91 Å². The molecule has 2 aromatic rings. The van der Waals surface area contributed by atoms with E-state index in [9.17, 15) is 9.59 Å². The fourth-order valence-corrected chi connectivity index (χ4v) is 5.59. The summed E-state index contributed by atoms with van der Waals surface area (Å²) in [7, 11) is 1.42. The topological polar surface area (TPSA) is 73.9 Å². The van der Waals surface area contributed by atoms with E-state index in [1.165, 1.54) is 43.2 Å². The third kappa shape index (κ3) is 5.36. The first-order valence-corrected chi connectivity index (χ1v) is 13.0. The van der Waals surface area contributed by atoms with Crippen LogP contribution in [0.5, 0.6) is 0 Å². The molecule has 186 valence electrons. The second-order valence-corrected chi connectivity index (χ2v) is 9.98. The van der Waals surface area contributed by atoms with Crippen molar-refractivity contribution in [1.29, 1.82) is 0 Å². The van der Waals surface area contributed by atoms with Gasteiger partial charge in [-0.15, -0.1) is 0 Å². The van der Waals surface area contributed by atoms with Gasteiger partial charge in [0.1, 0.15) is 0 Å². The summed E-state index contributed by atoms with van der Waals surface area (Å²) in [6.07, 6.45) is 6.20. The molecule has 0 spiro atoms. The summed E-state index contributed by atoms with van der Waals surface area (Å²) in [4.78, 5) is 29.0. The number of esters is 1. The summed E-state index contributed by atoms with van der Waals surface area (Å²) in [6.45, 7) is 3.50. The summed E-state index contributed by atoms with van der Waals surface area (Å²) in [5.74, 6) is -0.235. The third-order valence-corrected chi connectivity index (χ3v) is 7.80. The number of hydrogen-bond donors (Lipinski definition) is 2. The van der Waals surface area contributed by atoms with Gasteiger partial charge in [0.2, 0.25) is 0 Å². The molecule has 3 heterocycles. The lowest BCUT2D eigenvalue weighted by Gasteiger charge is -2.30. The Morgan fingerprint density at radius 3 is 1.94 bits per heavy atom. The van der Waals surface area contributed by atoms with E-state index in [0.717, 1.165) is 19.5 Å². The third-order valence-electron chi connectivity index (χ3n) is 7.80. The molecular formula is C28H36N4O3.